The van der Waals surface area contributed by atoms with Gasteiger partial charge in [0.05, 0.1) is 5.88 Å². The molecule has 0 fully saturated rings. The second kappa shape index (κ2) is 5.66. The summed E-state index contributed by atoms with van der Waals surface area (Å²) in [4.78, 5) is 10.4. The highest BCUT2D eigenvalue weighted by Crippen LogP contribution is 2.06. The summed E-state index contributed by atoms with van der Waals surface area (Å²) < 4.78 is 1.79. The van der Waals surface area contributed by atoms with Gasteiger partial charge in [0, 0.05) is 12.4 Å². The number of carboxylic acids is 1. The van der Waals surface area contributed by atoms with Gasteiger partial charge in [0.25, 0.3) is 0 Å². The molecule has 0 aliphatic heterocycles. The number of hydrogen-bond acceptors (Lipinski definition) is 4. The molecule has 0 aliphatic rings. The number of hydrogen-bond donors (Lipinski definition) is 2. The predicted octanol–water partition coefficient (Wildman–Crippen LogP) is 0.376. The highest BCUT2D eigenvalue weighted by Gasteiger charge is 2.09. The molecular weight excluding hydrogens is 202 g/mol. The smallest absolute Gasteiger partial charge is 0.320 e. The van der Waals surface area contributed by atoms with Gasteiger partial charge in [-0.15, -0.1) is 11.8 Å². The van der Waals surface area contributed by atoms with Crippen LogP contribution in [0, 0.1) is 0 Å². The lowest BCUT2D eigenvalue weighted by molar-refractivity contribution is -0.138. The molecular formula is C8H13N3O2S. The first-order valence-corrected chi connectivity index (χ1v) is 5.39. The molecule has 0 aromatic carbocycles. The van der Waals surface area contributed by atoms with Crippen LogP contribution in [0.3, 0.4) is 0 Å². The summed E-state index contributed by atoms with van der Waals surface area (Å²) in [6.07, 6.45) is 4.06. The van der Waals surface area contributed by atoms with E-state index < -0.39 is 12.0 Å². The Labute approximate surface area is 86.3 Å². The number of nitrogens with zero attached hydrogens (tertiary/aromatic N) is 2. The third kappa shape index (κ3) is 3.80. The maximum atomic E-state index is 10.4. The SMILES string of the molecule is NC(CCSCn1cccn1)C(=O)O. The van der Waals surface area contributed by atoms with Gasteiger partial charge in [0.1, 0.15) is 6.04 Å². The lowest BCUT2D eigenvalue weighted by atomic mass is 10.2. The van der Waals surface area contributed by atoms with E-state index in [9.17, 15) is 4.79 Å². The number of aliphatic carboxylic acids is 1. The molecule has 0 spiro atoms. The van der Waals surface area contributed by atoms with E-state index in [1.165, 1.54) is 0 Å². The normalized spacial score (nSPS) is 12.6. The molecule has 1 unspecified atom stereocenters. The molecule has 0 radical (unpaired) electrons. The minimum absolute atomic E-state index is 0.487. The van der Waals surface area contributed by atoms with Crippen molar-refractivity contribution in [2.45, 2.75) is 18.3 Å². The van der Waals surface area contributed by atoms with Crippen molar-refractivity contribution < 1.29 is 9.90 Å². The van der Waals surface area contributed by atoms with Gasteiger partial charge < -0.3 is 10.8 Å². The molecule has 0 saturated heterocycles. The van der Waals surface area contributed by atoms with Crippen LogP contribution < -0.4 is 5.73 Å². The summed E-state index contributed by atoms with van der Waals surface area (Å²) in [7, 11) is 0. The first-order valence-electron chi connectivity index (χ1n) is 4.23. The van der Waals surface area contributed by atoms with Gasteiger partial charge in [-0.3, -0.25) is 9.48 Å². The van der Waals surface area contributed by atoms with Gasteiger partial charge in [0.2, 0.25) is 0 Å². The quantitative estimate of drug-likeness (QED) is 0.670. The van der Waals surface area contributed by atoms with E-state index in [1.54, 1.807) is 22.6 Å². The fourth-order valence-electron chi connectivity index (χ4n) is 0.869. The van der Waals surface area contributed by atoms with Crippen molar-refractivity contribution in [3.8, 4) is 0 Å². The zero-order valence-corrected chi connectivity index (χ0v) is 8.48. The van der Waals surface area contributed by atoms with Gasteiger partial charge in [-0.1, -0.05) is 0 Å². The highest BCUT2D eigenvalue weighted by molar-refractivity contribution is 7.98. The zero-order valence-electron chi connectivity index (χ0n) is 7.67. The van der Waals surface area contributed by atoms with Crippen LogP contribution in [0.15, 0.2) is 18.5 Å². The van der Waals surface area contributed by atoms with Crippen LogP contribution in [0.5, 0.6) is 0 Å². The number of nitrogens with two attached hydrogens (primary N) is 1. The summed E-state index contributed by atoms with van der Waals surface area (Å²) in [5.41, 5.74) is 5.34. The Morgan fingerprint density at radius 2 is 2.50 bits per heavy atom. The Morgan fingerprint density at radius 1 is 1.71 bits per heavy atom. The van der Waals surface area contributed by atoms with Crippen molar-refractivity contribution in [3.05, 3.63) is 18.5 Å². The first kappa shape index (κ1) is 11.1. The molecule has 5 nitrogen and oxygen atoms in total. The van der Waals surface area contributed by atoms with Gasteiger partial charge in [-0.25, -0.2) is 0 Å². The molecule has 1 aromatic rings. The summed E-state index contributed by atoms with van der Waals surface area (Å²) in [6, 6.07) is 1.10. The van der Waals surface area contributed by atoms with Crippen molar-refractivity contribution in [2.75, 3.05) is 5.75 Å². The van der Waals surface area contributed by atoms with Gasteiger partial charge in [0.15, 0.2) is 0 Å². The number of carbonyl (C=O) groups is 1. The monoisotopic (exact) mass is 215 g/mol. The second-order valence-electron chi connectivity index (χ2n) is 2.82. The van der Waals surface area contributed by atoms with Crippen LogP contribution in [-0.4, -0.2) is 32.7 Å². The van der Waals surface area contributed by atoms with Crippen LogP contribution in [-0.2, 0) is 10.7 Å². The number of thioether (sulfide) groups is 1. The Bertz CT molecular complexity index is 276. The summed E-state index contributed by atoms with van der Waals surface area (Å²) in [5.74, 6) is 0.525. The molecule has 14 heavy (non-hydrogen) atoms. The van der Waals surface area contributed by atoms with Crippen molar-refractivity contribution in [1.82, 2.24) is 9.78 Å². The van der Waals surface area contributed by atoms with Crippen LogP contribution in [0.2, 0.25) is 0 Å². The maximum Gasteiger partial charge on any atom is 0.320 e. The van der Waals surface area contributed by atoms with Crippen LogP contribution in [0.1, 0.15) is 6.42 Å². The van der Waals surface area contributed by atoms with E-state index in [0.29, 0.717) is 6.42 Å². The molecule has 1 heterocycles. The molecule has 0 aliphatic carbocycles. The minimum Gasteiger partial charge on any atom is -0.480 e. The fraction of sp³-hybridized carbons (Fsp3) is 0.500. The Balaban J connectivity index is 2.08. The lowest BCUT2D eigenvalue weighted by Gasteiger charge is -2.05. The van der Waals surface area contributed by atoms with Crippen molar-refractivity contribution >= 4 is 17.7 Å². The highest BCUT2D eigenvalue weighted by atomic mass is 32.2. The van der Waals surface area contributed by atoms with Crippen LogP contribution >= 0.6 is 11.8 Å². The minimum atomic E-state index is -0.940. The van der Waals surface area contributed by atoms with Gasteiger partial charge in [-0.2, -0.15) is 5.10 Å². The van der Waals surface area contributed by atoms with E-state index in [4.69, 9.17) is 10.8 Å². The maximum absolute atomic E-state index is 10.4. The molecule has 78 valence electrons. The molecule has 1 rings (SSSR count). The van der Waals surface area contributed by atoms with Crippen LogP contribution in [0.25, 0.3) is 0 Å². The fourth-order valence-corrected chi connectivity index (χ4v) is 1.76. The molecule has 3 N–H and O–H groups in total. The molecule has 1 aromatic heterocycles. The first-order chi connectivity index (χ1) is 6.70. The molecule has 0 amide bonds. The number of aromatic nitrogens is 2. The third-order valence-electron chi connectivity index (χ3n) is 1.67. The van der Waals surface area contributed by atoms with E-state index in [0.717, 1.165) is 11.6 Å². The molecule has 1 atom stereocenters. The Morgan fingerprint density at radius 3 is 3.07 bits per heavy atom. The van der Waals surface area contributed by atoms with Gasteiger partial charge >= 0.3 is 5.97 Å². The summed E-state index contributed by atoms with van der Waals surface area (Å²) >= 11 is 1.61. The Kier molecular flexibility index (Phi) is 4.48. The second-order valence-corrected chi connectivity index (χ2v) is 3.89. The molecule has 0 saturated carbocycles. The average Bonchev–Trinajstić information content (AvgIpc) is 2.64. The molecule has 6 heteroatoms. The lowest BCUT2D eigenvalue weighted by Crippen LogP contribution is -2.30. The summed E-state index contributed by atoms with van der Waals surface area (Å²) in [5, 5.41) is 12.5. The average molecular weight is 215 g/mol. The number of carboxylic acid groups (broad SMARTS) is 1. The van der Waals surface area contributed by atoms with E-state index in [-0.39, 0.29) is 0 Å². The van der Waals surface area contributed by atoms with Crippen molar-refractivity contribution in [1.29, 1.82) is 0 Å². The van der Waals surface area contributed by atoms with E-state index in [2.05, 4.69) is 5.10 Å². The topological polar surface area (TPSA) is 81.1 Å². The zero-order chi connectivity index (χ0) is 10.4. The van der Waals surface area contributed by atoms with Crippen LogP contribution in [0.4, 0.5) is 0 Å². The Hall–Kier alpha value is -1.01. The van der Waals surface area contributed by atoms with Crippen molar-refractivity contribution in [3.63, 3.8) is 0 Å². The van der Waals surface area contributed by atoms with Crippen molar-refractivity contribution in [2.24, 2.45) is 5.73 Å². The largest absolute Gasteiger partial charge is 0.480 e. The van der Waals surface area contributed by atoms with E-state index >= 15 is 0 Å². The summed E-state index contributed by atoms with van der Waals surface area (Å²) in [6.45, 7) is 0. The molecule has 0 bridgehead atoms. The predicted molar refractivity (Wildman–Crippen MR) is 54.9 cm³/mol. The number of rotatable bonds is 6. The van der Waals surface area contributed by atoms with E-state index in [1.807, 2.05) is 12.3 Å². The third-order valence-corrected chi connectivity index (χ3v) is 2.64. The van der Waals surface area contributed by atoms with Gasteiger partial charge in [-0.05, 0) is 18.2 Å². The standard InChI is InChI=1S/C8H13N3O2S/c9-7(8(12)13)2-5-14-6-11-4-1-3-10-11/h1,3-4,7H,2,5-6,9H2,(H,12,13).